The minimum atomic E-state index is -0.344. The molecule has 1 fully saturated rings. The van der Waals surface area contributed by atoms with E-state index in [1.54, 1.807) is 49.3 Å². The van der Waals surface area contributed by atoms with Crippen molar-refractivity contribution < 1.29 is 23.2 Å². The van der Waals surface area contributed by atoms with Gasteiger partial charge in [-0.3, -0.25) is 4.79 Å². The highest BCUT2D eigenvalue weighted by Gasteiger charge is 2.35. The first-order valence-corrected chi connectivity index (χ1v) is 9.13. The van der Waals surface area contributed by atoms with Gasteiger partial charge < -0.3 is 18.9 Å². The molecule has 0 N–H and O–H groups in total. The monoisotopic (exact) mass is 397 g/mol. The van der Waals surface area contributed by atoms with Crippen LogP contribution >= 0.6 is 0 Å². The molecule has 3 aromatic rings. The topological polar surface area (TPSA) is 77.7 Å². The maximum atomic E-state index is 13.9. The van der Waals surface area contributed by atoms with Gasteiger partial charge in [-0.1, -0.05) is 17.3 Å². The second-order valence-corrected chi connectivity index (χ2v) is 6.84. The van der Waals surface area contributed by atoms with Crippen LogP contribution in [0.2, 0.25) is 0 Å². The van der Waals surface area contributed by atoms with Crippen molar-refractivity contribution in [2.75, 3.05) is 25.7 Å². The third-order valence-corrected chi connectivity index (χ3v) is 5.03. The summed E-state index contributed by atoms with van der Waals surface area (Å²) in [6.45, 7) is 2.03. The molecular formula is C21H20FN3O4. The molecule has 1 aliphatic rings. The van der Waals surface area contributed by atoms with Crippen LogP contribution in [0.1, 0.15) is 23.8 Å². The molecule has 29 heavy (non-hydrogen) atoms. The summed E-state index contributed by atoms with van der Waals surface area (Å²) < 4.78 is 30.1. The Bertz CT molecular complexity index is 1070. The van der Waals surface area contributed by atoms with Crippen LogP contribution in [0.3, 0.4) is 0 Å². The molecule has 1 unspecified atom stereocenters. The molecule has 7 nitrogen and oxygen atoms in total. The number of carbonyl (C=O) groups is 1. The van der Waals surface area contributed by atoms with Crippen LogP contribution < -0.4 is 14.4 Å². The highest BCUT2D eigenvalue weighted by Crippen LogP contribution is 2.38. The van der Waals surface area contributed by atoms with Gasteiger partial charge in [0, 0.05) is 18.7 Å². The Morgan fingerprint density at radius 2 is 2.03 bits per heavy atom. The van der Waals surface area contributed by atoms with Crippen LogP contribution in [0.4, 0.5) is 10.1 Å². The Balaban J connectivity index is 1.59. The van der Waals surface area contributed by atoms with Crippen molar-refractivity contribution in [2.45, 2.75) is 19.3 Å². The predicted molar refractivity (Wildman–Crippen MR) is 104 cm³/mol. The SMILES string of the molecule is COc1cccc(-c2noc(C3CC(=O)N(c4ccc(C)c(F)c4)C3)n2)c1OC. The summed E-state index contributed by atoms with van der Waals surface area (Å²) in [6.07, 6.45) is 0.215. The molecule has 1 amide bonds. The van der Waals surface area contributed by atoms with E-state index in [1.807, 2.05) is 0 Å². The molecule has 0 bridgehead atoms. The third kappa shape index (κ3) is 3.41. The molecular weight excluding hydrogens is 377 g/mol. The molecule has 8 heteroatoms. The van der Waals surface area contributed by atoms with Gasteiger partial charge in [-0.25, -0.2) is 4.39 Å². The fourth-order valence-corrected chi connectivity index (χ4v) is 3.45. The smallest absolute Gasteiger partial charge is 0.232 e. The van der Waals surface area contributed by atoms with Gasteiger partial charge in [-0.05, 0) is 36.8 Å². The number of anilines is 1. The van der Waals surface area contributed by atoms with Crippen LogP contribution in [0.5, 0.6) is 11.5 Å². The zero-order valence-electron chi connectivity index (χ0n) is 16.3. The second-order valence-electron chi connectivity index (χ2n) is 6.84. The van der Waals surface area contributed by atoms with Gasteiger partial charge >= 0.3 is 0 Å². The molecule has 1 atom stereocenters. The van der Waals surface area contributed by atoms with Gasteiger partial charge in [0.1, 0.15) is 5.82 Å². The van der Waals surface area contributed by atoms with Crippen molar-refractivity contribution in [1.82, 2.24) is 10.1 Å². The number of carbonyl (C=O) groups excluding carboxylic acids is 1. The summed E-state index contributed by atoms with van der Waals surface area (Å²) in [7, 11) is 3.09. The van der Waals surface area contributed by atoms with E-state index >= 15 is 0 Å². The van der Waals surface area contributed by atoms with E-state index in [2.05, 4.69) is 10.1 Å². The highest BCUT2D eigenvalue weighted by atomic mass is 19.1. The van der Waals surface area contributed by atoms with Crippen molar-refractivity contribution in [3.8, 4) is 22.9 Å². The number of hydrogen-bond acceptors (Lipinski definition) is 6. The molecule has 2 heterocycles. The van der Waals surface area contributed by atoms with Crippen molar-refractivity contribution in [3.63, 3.8) is 0 Å². The van der Waals surface area contributed by atoms with E-state index in [4.69, 9.17) is 14.0 Å². The fraction of sp³-hybridized carbons (Fsp3) is 0.286. The first-order chi connectivity index (χ1) is 14.0. The van der Waals surface area contributed by atoms with E-state index in [0.29, 0.717) is 46.6 Å². The number of rotatable bonds is 5. The molecule has 0 radical (unpaired) electrons. The highest BCUT2D eigenvalue weighted by molar-refractivity contribution is 5.96. The molecule has 4 rings (SSSR count). The zero-order valence-corrected chi connectivity index (χ0v) is 16.3. The summed E-state index contributed by atoms with van der Waals surface area (Å²) in [5.74, 6) is 1.03. The van der Waals surface area contributed by atoms with Gasteiger partial charge in [-0.15, -0.1) is 0 Å². The molecule has 0 saturated carbocycles. The number of halogens is 1. The number of aromatic nitrogens is 2. The normalized spacial score (nSPS) is 16.3. The van der Waals surface area contributed by atoms with E-state index in [0.717, 1.165) is 0 Å². The number of nitrogens with zero attached hydrogens (tertiary/aromatic N) is 3. The molecule has 150 valence electrons. The minimum Gasteiger partial charge on any atom is -0.493 e. The number of amides is 1. The van der Waals surface area contributed by atoms with Gasteiger partial charge in [0.25, 0.3) is 0 Å². The van der Waals surface area contributed by atoms with Gasteiger partial charge in [0.05, 0.1) is 25.7 Å². The lowest BCUT2D eigenvalue weighted by molar-refractivity contribution is -0.117. The number of methoxy groups -OCH3 is 2. The number of aryl methyl sites for hydroxylation is 1. The number of benzene rings is 2. The summed E-state index contributed by atoms with van der Waals surface area (Å²) in [6, 6.07) is 10.1. The lowest BCUT2D eigenvalue weighted by Crippen LogP contribution is -2.24. The average molecular weight is 397 g/mol. The number of hydrogen-bond donors (Lipinski definition) is 0. The lowest BCUT2D eigenvalue weighted by atomic mass is 10.1. The largest absolute Gasteiger partial charge is 0.493 e. The quantitative estimate of drug-likeness (QED) is 0.653. The standard InChI is InChI=1S/C21H20FN3O4/c1-12-7-8-14(10-16(12)22)25-11-13(9-18(25)26)21-23-20(24-29-21)15-5-4-6-17(27-2)19(15)28-3/h4-8,10,13H,9,11H2,1-3H3. The molecule has 0 aliphatic carbocycles. The maximum Gasteiger partial charge on any atom is 0.232 e. The van der Waals surface area contributed by atoms with Crippen molar-refractivity contribution >= 4 is 11.6 Å². The Kier molecular flexibility index (Phi) is 4.92. The van der Waals surface area contributed by atoms with Crippen molar-refractivity contribution in [2.24, 2.45) is 0 Å². The Hall–Kier alpha value is -3.42. The van der Waals surface area contributed by atoms with E-state index in [9.17, 15) is 9.18 Å². The number of para-hydroxylation sites is 1. The van der Waals surface area contributed by atoms with Crippen molar-refractivity contribution in [3.05, 3.63) is 53.7 Å². The zero-order chi connectivity index (χ0) is 20.5. The number of ether oxygens (including phenoxy) is 2. The average Bonchev–Trinajstić information content (AvgIpc) is 3.36. The third-order valence-electron chi connectivity index (χ3n) is 5.03. The first-order valence-electron chi connectivity index (χ1n) is 9.13. The predicted octanol–water partition coefficient (Wildman–Crippen LogP) is 3.72. The molecule has 1 aliphatic heterocycles. The van der Waals surface area contributed by atoms with Crippen LogP contribution in [0.25, 0.3) is 11.4 Å². The van der Waals surface area contributed by atoms with Crippen LogP contribution in [-0.2, 0) is 4.79 Å². The van der Waals surface area contributed by atoms with Gasteiger partial charge in [0.15, 0.2) is 11.5 Å². The molecule has 1 aromatic heterocycles. The Labute approximate surface area is 167 Å². The molecule has 2 aromatic carbocycles. The maximum absolute atomic E-state index is 13.9. The van der Waals surface area contributed by atoms with E-state index in [-0.39, 0.29) is 24.1 Å². The summed E-state index contributed by atoms with van der Waals surface area (Å²) in [5, 5.41) is 4.05. The van der Waals surface area contributed by atoms with Gasteiger partial charge in [-0.2, -0.15) is 4.98 Å². The van der Waals surface area contributed by atoms with E-state index < -0.39 is 0 Å². The van der Waals surface area contributed by atoms with Gasteiger partial charge in [0.2, 0.25) is 17.6 Å². The second kappa shape index (κ2) is 7.54. The first kappa shape index (κ1) is 18.9. The van der Waals surface area contributed by atoms with Crippen LogP contribution in [0.15, 0.2) is 40.9 Å². The van der Waals surface area contributed by atoms with Crippen molar-refractivity contribution in [1.29, 1.82) is 0 Å². The minimum absolute atomic E-state index is 0.114. The fourth-order valence-electron chi connectivity index (χ4n) is 3.45. The van der Waals surface area contributed by atoms with E-state index in [1.165, 1.54) is 13.2 Å². The summed E-state index contributed by atoms with van der Waals surface area (Å²) in [5.41, 5.74) is 1.68. The summed E-state index contributed by atoms with van der Waals surface area (Å²) in [4.78, 5) is 18.5. The molecule has 0 spiro atoms. The molecule has 1 saturated heterocycles. The lowest BCUT2D eigenvalue weighted by Gasteiger charge is -2.16. The van der Waals surface area contributed by atoms with Crippen LogP contribution in [0, 0.1) is 12.7 Å². The van der Waals surface area contributed by atoms with Crippen LogP contribution in [-0.4, -0.2) is 36.8 Å². The summed E-state index contributed by atoms with van der Waals surface area (Å²) >= 11 is 0. The Morgan fingerprint density at radius 3 is 2.76 bits per heavy atom. The Morgan fingerprint density at radius 1 is 1.21 bits per heavy atom.